The summed E-state index contributed by atoms with van der Waals surface area (Å²) in [5.41, 5.74) is 0.927. The van der Waals surface area contributed by atoms with Crippen LogP contribution in [0.25, 0.3) is 0 Å². The second-order valence-electron chi connectivity index (χ2n) is 6.47. The number of carboxylic acids is 1. The van der Waals surface area contributed by atoms with Crippen molar-refractivity contribution in [1.82, 2.24) is 4.98 Å². The average Bonchev–Trinajstić information content (AvgIpc) is 3.25. The summed E-state index contributed by atoms with van der Waals surface area (Å²) in [4.78, 5) is 14.6. The summed E-state index contributed by atoms with van der Waals surface area (Å²) in [6, 6.07) is 8.89. The Balaban J connectivity index is 0.000000406. The van der Waals surface area contributed by atoms with Crippen LogP contribution in [0, 0.1) is 5.82 Å². The maximum absolute atomic E-state index is 14.3. The maximum atomic E-state index is 14.3. The van der Waals surface area contributed by atoms with Crippen LogP contribution < -0.4 is 14.4 Å². The first kappa shape index (κ1) is 25.5. The Morgan fingerprint density at radius 1 is 1.21 bits per heavy atom. The number of sulfonamides is 1. The molecule has 2 aromatic carbocycles. The summed E-state index contributed by atoms with van der Waals surface area (Å²) in [6.45, 7) is 0.716. The van der Waals surface area contributed by atoms with Crippen molar-refractivity contribution >= 4 is 55.4 Å². The molecule has 34 heavy (non-hydrogen) atoms. The standard InChI is InChI=1S/C17H13ClFN3O3S2.C2HF3O2/c18-11-1-3-14(13(19)9-11)22-6-7-25-16-10-12(2-4-15(16)22)27(23,24)21-17-20-5-8-26-17;3-2(4,5)1(6)7/h1-5,8-10H,6-7H2,(H,20,21);(H,6,7). The first-order chi connectivity index (χ1) is 15.9. The van der Waals surface area contributed by atoms with Gasteiger partial charge in [-0.05, 0) is 30.3 Å². The van der Waals surface area contributed by atoms with Crippen molar-refractivity contribution in [2.45, 2.75) is 11.1 Å². The Morgan fingerprint density at radius 3 is 2.47 bits per heavy atom. The second-order valence-corrected chi connectivity index (χ2v) is 9.48. The van der Waals surface area contributed by atoms with Crippen LogP contribution in [0.15, 0.2) is 52.9 Å². The van der Waals surface area contributed by atoms with Crippen molar-refractivity contribution in [3.8, 4) is 5.75 Å². The van der Waals surface area contributed by atoms with E-state index in [0.717, 1.165) is 0 Å². The first-order valence-corrected chi connectivity index (χ1v) is 11.8. The molecule has 0 saturated carbocycles. The number of nitrogens with one attached hydrogen (secondary N) is 1. The number of halogens is 5. The summed E-state index contributed by atoms with van der Waals surface area (Å²) >= 11 is 7.00. The molecule has 182 valence electrons. The number of anilines is 3. The van der Waals surface area contributed by atoms with Crippen LogP contribution in [-0.4, -0.2) is 43.8 Å². The second kappa shape index (κ2) is 10.0. The highest BCUT2D eigenvalue weighted by molar-refractivity contribution is 7.93. The molecular weight excluding hydrogens is 526 g/mol. The Labute approximate surface area is 199 Å². The van der Waals surface area contributed by atoms with Crippen LogP contribution in [0.4, 0.5) is 34.1 Å². The SMILES string of the molecule is O=C(O)C(F)(F)F.O=S(=O)(Nc1nccs1)c1ccc2c(c1)OCCN2c1ccc(Cl)cc1F. The van der Waals surface area contributed by atoms with E-state index in [1.54, 1.807) is 28.5 Å². The number of nitrogens with zero attached hydrogens (tertiary/aromatic N) is 2. The summed E-state index contributed by atoms with van der Waals surface area (Å²) < 4.78 is 79.2. The van der Waals surface area contributed by atoms with Gasteiger partial charge in [-0.25, -0.2) is 22.6 Å². The maximum Gasteiger partial charge on any atom is 0.490 e. The fourth-order valence-electron chi connectivity index (χ4n) is 2.77. The molecule has 15 heteroatoms. The lowest BCUT2D eigenvalue weighted by atomic mass is 10.2. The predicted octanol–water partition coefficient (Wildman–Crippen LogP) is 4.90. The number of hydrogen-bond acceptors (Lipinski definition) is 7. The minimum absolute atomic E-state index is 0.0369. The highest BCUT2D eigenvalue weighted by Crippen LogP contribution is 2.39. The molecule has 0 amide bonds. The zero-order valence-corrected chi connectivity index (χ0v) is 19.1. The van der Waals surface area contributed by atoms with Crippen LogP contribution in [0.2, 0.25) is 5.02 Å². The van der Waals surface area contributed by atoms with Gasteiger partial charge in [0.1, 0.15) is 18.2 Å². The zero-order chi connectivity index (χ0) is 25.1. The molecule has 8 nitrogen and oxygen atoms in total. The van der Waals surface area contributed by atoms with E-state index < -0.39 is 28.0 Å². The molecule has 2 heterocycles. The van der Waals surface area contributed by atoms with Crippen LogP contribution in [-0.2, 0) is 14.8 Å². The van der Waals surface area contributed by atoms with E-state index in [9.17, 15) is 26.0 Å². The van der Waals surface area contributed by atoms with Gasteiger partial charge in [0, 0.05) is 22.7 Å². The molecule has 1 aliphatic heterocycles. The molecule has 0 aliphatic carbocycles. The number of carboxylic acid groups (broad SMARTS) is 1. The van der Waals surface area contributed by atoms with Gasteiger partial charge in [-0.1, -0.05) is 11.6 Å². The van der Waals surface area contributed by atoms with Crippen LogP contribution in [0.3, 0.4) is 0 Å². The van der Waals surface area contributed by atoms with E-state index >= 15 is 0 Å². The molecule has 1 aliphatic rings. The number of aliphatic carboxylic acids is 1. The van der Waals surface area contributed by atoms with Gasteiger partial charge < -0.3 is 14.7 Å². The number of ether oxygens (including phenoxy) is 1. The normalized spacial score (nSPS) is 13.3. The highest BCUT2D eigenvalue weighted by atomic mass is 35.5. The Hall–Kier alpha value is -3.10. The average molecular weight is 540 g/mol. The molecule has 4 rings (SSSR count). The van der Waals surface area contributed by atoms with Gasteiger partial charge in [0.15, 0.2) is 5.13 Å². The number of aromatic nitrogens is 1. The smallest absolute Gasteiger partial charge is 0.489 e. The van der Waals surface area contributed by atoms with Crippen molar-refractivity contribution in [3.05, 3.63) is 58.8 Å². The minimum Gasteiger partial charge on any atom is -0.489 e. The molecule has 0 radical (unpaired) electrons. The van der Waals surface area contributed by atoms with Gasteiger partial charge in [0.25, 0.3) is 10.0 Å². The number of alkyl halides is 3. The van der Waals surface area contributed by atoms with Gasteiger partial charge in [-0.3, -0.25) is 4.72 Å². The van der Waals surface area contributed by atoms with Crippen LogP contribution >= 0.6 is 22.9 Å². The quantitative estimate of drug-likeness (QED) is 0.454. The van der Waals surface area contributed by atoms with Crippen LogP contribution in [0.1, 0.15) is 0 Å². The lowest BCUT2D eigenvalue weighted by Gasteiger charge is -2.31. The molecule has 0 atom stereocenters. The zero-order valence-electron chi connectivity index (χ0n) is 16.7. The van der Waals surface area contributed by atoms with E-state index in [0.29, 0.717) is 35.3 Å². The van der Waals surface area contributed by atoms with Gasteiger partial charge >= 0.3 is 12.1 Å². The molecule has 0 unspecified atom stereocenters. The van der Waals surface area contributed by atoms with Crippen molar-refractivity contribution in [2.75, 3.05) is 22.8 Å². The number of benzene rings is 2. The fourth-order valence-corrected chi connectivity index (χ4v) is 4.73. The topological polar surface area (TPSA) is 109 Å². The summed E-state index contributed by atoms with van der Waals surface area (Å²) in [5.74, 6) is -2.86. The van der Waals surface area contributed by atoms with Crippen molar-refractivity contribution in [2.24, 2.45) is 0 Å². The first-order valence-electron chi connectivity index (χ1n) is 9.10. The highest BCUT2D eigenvalue weighted by Gasteiger charge is 2.38. The van der Waals surface area contributed by atoms with Gasteiger partial charge in [0.05, 0.1) is 22.8 Å². The molecule has 0 saturated heterocycles. The number of rotatable bonds is 4. The third-order valence-corrected chi connectivity index (χ3v) is 6.59. The van der Waals surface area contributed by atoms with Gasteiger partial charge in [-0.15, -0.1) is 11.3 Å². The summed E-state index contributed by atoms with van der Waals surface area (Å²) in [6.07, 6.45) is -3.57. The summed E-state index contributed by atoms with van der Waals surface area (Å²) in [7, 11) is -3.80. The lowest BCUT2D eigenvalue weighted by Crippen LogP contribution is -2.29. The van der Waals surface area contributed by atoms with E-state index in [2.05, 4.69) is 9.71 Å². The van der Waals surface area contributed by atoms with Crippen molar-refractivity contribution in [1.29, 1.82) is 0 Å². The Bertz CT molecular complexity index is 1290. The van der Waals surface area contributed by atoms with E-state index in [1.165, 1.54) is 35.7 Å². The molecule has 0 bridgehead atoms. The molecular formula is C19H14ClF4N3O5S2. The number of fused-ring (bicyclic) bond motifs is 1. The van der Waals surface area contributed by atoms with E-state index in [1.807, 2.05) is 0 Å². The van der Waals surface area contributed by atoms with Crippen molar-refractivity contribution < 1.29 is 40.6 Å². The number of carbonyl (C=O) groups is 1. The third-order valence-electron chi connectivity index (χ3n) is 4.20. The monoisotopic (exact) mass is 539 g/mol. The summed E-state index contributed by atoms with van der Waals surface area (Å²) in [5, 5.41) is 9.38. The fraction of sp³-hybridized carbons (Fsp3) is 0.158. The molecule has 0 spiro atoms. The largest absolute Gasteiger partial charge is 0.490 e. The lowest BCUT2D eigenvalue weighted by molar-refractivity contribution is -0.192. The predicted molar refractivity (Wildman–Crippen MR) is 117 cm³/mol. The van der Waals surface area contributed by atoms with Gasteiger partial charge in [0.2, 0.25) is 0 Å². The van der Waals surface area contributed by atoms with Crippen molar-refractivity contribution in [3.63, 3.8) is 0 Å². The number of thiazole rings is 1. The Kier molecular flexibility index (Phi) is 7.53. The molecule has 2 N–H and O–H groups in total. The van der Waals surface area contributed by atoms with E-state index in [4.69, 9.17) is 26.2 Å². The van der Waals surface area contributed by atoms with Gasteiger partial charge in [-0.2, -0.15) is 13.2 Å². The van der Waals surface area contributed by atoms with E-state index in [-0.39, 0.29) is 10.0 Å². The molecule has 1 aromatic heterocycles. The minimum atomic E-state index is -5.08. The van der Waals surface area contributed by atoms with Crippen LogP contribution in [0.5, 0.6) is 5.75 Å². The third kappa shape index (κ3) is 6.07. The Morgan fingerprint density at radius 2 is 1.88 bits per heavy atom. The molecule has 3 aromatic rings. The number of hydrogen-bond donors (Lipinski definition) is 2. The molecule has 0 fully saturated rings.